The number of likely N-dealkylation sites (tertiary alicyclic amines) is 1. The van der Waals surface area contributed by atoms with E-state index in [-0.39, 0.29) is 24.4 Å². The number of halogens is 1. The average Bonchev–Trinajstić information content (AvgIpc) is 3.35. The Morgan fingerprint density at radius 3 is 2.68 bits per heavy atom. The van der Waals surface area contributed by atoms with E-state index in [1.54, 1.807) is 24.4 Å². The minimum absolute atomic E-state index is 0.0460. The van der Waals surface area contributed by atoms with Crippen LogP contribution in [0.5, 0.6) is 5.88 Å². The second kappa shape index (κ2) is 11.9. The number of fused-ring (bicyclic) bond motifs is 1. The van der Waals surface area contributed by atoms with Crippen LogP contribution in [0.1, 0.15) is 65.7 Å². The number of hydrogen-bond donors (Lipinski definition) is 0. The van der Waals surface area contributed by atoms with Gasteiger partial charge in [0.25, 0.3) is 0 Å². The fourth-order valence-corrected chi connectivity index (χ4v) is 5.53. The van der Waals surface area contributed by atoms with Crippen molar-refractivity contribution < 1.29 is 23.4 Å². The number of imidazole rings is 1. The van der Waals surface area contributed by atoms with Crippen LogP contribution in [0.2, 0.25) is 0 Å². The monoisotopic (exact) mass is 560 g/mol. The number of carbonyl (C=O) groups is 1. The molecular formula is C30H33FN6O4. The highest BCUT2D eigenvalue weighted by Gasteiger charge is 2.30. The maximum Gasteiger partial charge on any atom is 0.356 e. The van der Waals surface area contributed by atoms with Gasteiger partial charge < -0.3 is 18.8 Å². The van der Waals surface area contributed by atoms with Gasteiger partial charge in [0.05, 0.1) is 32.0 Å². The maximum absolute atomic E-state index is 13.9. The van der Waals surface area contributed by atoms with Crippen molar-refractivity contribution in [2.24, 2.45) is 0 Å². The van der Waals surface area contributed by atoms with Gasteiger partial charge in [-0.2, -0.15) is 0 Å². The molecule has 214 valence electrons. The summed E-state index contributed by atoms with van der Waals surface area (Å²) in [4.78, 5) is 32.7. The largest absolute Gasteiger partial charge is 0.473 e. The molecule has 6 heterocycles. The lowest BCUT2D eigenvalue weighted by Crippen LogP contribution is -2.37. The highest BCUT2D eigenvalue weighted by Crippen LogP contribution is 2.33. The van der Waals surface area contributed by atoms with Crippen molar-refractivity contribution in [3.05, 3.63) is 77.4 Å². The minimum Gasteiger partial charge on any atom is -0.473 e. The van der Waals surface area contributed by atoms with Crippen molar-refractivity contribution in [2.75, 3.05) is 26.8 Å². The van der Waals surface area contributed by atoms with Crippen molar-refractivity contribution in [1.82, 2.24) is 29.4 Å². The van der Waals surface area contributed by atoms with Gasteiger partial charge in [-0.25, -0.2) is 24.1 Å². The Labute approximate surface area is 237 Å². The molecule has 0 radical (unpaired) electrons. The molecule has 0 saturated carbocycles. The summed E-state index contributed by atoms with van der Waals surface area (Å²) >= 11 is 0. The molecule has 4 aromatic heterocycles. The SMILES string of the molecule is COC(=O)c1ccc2nc([C@H](C)N3CCC(c4cccc(OCc5ccncc5F)n4)CC3)n(C[C@@H]3CCO3)c2n1. The van der Waals surface area contributed by atoms with E-state index in [1.165, 1.54) is 13.3 Å². The molecule has 2 aliphatic rings. The Balaban J connectivity index is 1.15. The van der Waals surface area contributed by atoms with E-state index in [2.05, 4.69) is 26.4 Å². The number of methoxy groups -OCH3 is 1. The molecule has 0 bridgehead atoms. The van der Waals surface area contributed by atoms with Gasteiger partial charge in [-0.3, -0.25) is 9.88 Å². The number of aromatic nitrogens is 5. The first-order chi connectivity index (χ1) is 20.0. The fourth-order valence-electron chi connectivity index (χ4n) is 5.53. The minimum atomic E-state index is -0.469. The zero-order valence-corrected chi connectivity index (χ0v) is 23.2. The summed E-state index contributed by atoms with van der Waals surface area (Å²) < 4.78 is 32.4. The van der Waals surface area contributed by atoms with Crippen LogP contribution in [0.3, 0.4) is 0 Å². The predicted molar refractivity (Wildman–Crippen MR) is 148 cm³/mol. The first kappa shape index (κ1) is 27.2. The first-order valence-corrected chi connectivity index (χ1v) is 14.0. The summed E-state index contributed by atoms with van der Waals surface area (Å²) in [7, 11) is 1.35. The maximum atomic E-state index is 13.9. The topological polar surface area (TPSA) is 104 Å². The molecule has 11 heteroatoms. The van der Waals surface area contributed by atoms with Crippen molar-refractivity contribution in [1.29, 1.82) is 0 Å². The van der Waals surface area contributed by atoms with Crippen LogP contribution in [0.15, 0.2) is 48.8 Å². The van der Waals surface area contributed by atoms with E-state index in [0.29, 0.717) is 29.6 Å². The number of ether oxygens (including phenoxy) is 3. The van der Waals surface area contributed by atoms with Crippen LogP contribution in [0, 0.1) is 5.82 Å². The first-order valence-electron chi connectivity index (χ1n) is 14.0. The molecule has 0 N–H and O–H groups in total. The third-order valence-corrected chi connectivity index (χ3v) is 8.04. The predicted octanol–water partition coefficient (Wildman–Crippen LogP) is 4.46. The fraction of sp³-hybridized carbons (Fsp3) is 0.433. The molecule has 0 unspecified atom stereocenters. The molecule has 0 aliphatic carbocycles. The number of pyridine rings is 3. The second-order valence-electron chi connectivity index (χ2n) is 10.5. The average molecular weight is 561 g/mol. The molecule has 2 aliphatic heterocycles. The van der Waals surface area contributed by atoms with E-state index >= 15 is 0 Å². The smallest absolute Gasteiger partial charge is 0.356 e. The molecule has 0 amide bonds. The number of nitrogens with zero attached hydrogens (tertiary/aromatic N) is 6. The summed E-state index contributed by atoms with van der Waals surface area (Å²) in [6.07, 6.45) is 5.72. The van der Waals surface area contributed by atoms with Crippen LogP contribution >= 0.6 is 0 Å². The number of esters is 1. The van der Waals surface area contributed by atoms with Gasteiger partial charge in [-0.05, 0) is 63.5 Å². The molecule has 2 saturated heterocycles. The van der Waals surface area contributed by atoms with Gasteiger partial charge in [-0.15, -0.1) is 0 Å². The van der Waals surface area contributed by atoms with Crippen LogP contribution in [0.4, 0.5) is 4.39 Å². The summed E-state index contributed by atoms with van der Waals surface area (Å²) in [6, 6.07) is 10.9. The van der Waals surface area contributed by atoms with Gasteiger partial charge >= 0.3 is 5.97 Å². The van der Waals surface area contributed by atoms with E-state index in [0.717, 1.165) is 56.0 Å². The molecular weight excluding hydrogens is 527 g/mol. The molecule has 4 aromatic rings. The Hall–Kier alpha value is -3.96. The molecule has 2 fully saturated rings. The number of hydrogen-bond acceptors (Lipinski definition) is 9. The Morgan fingerprint density at radius 1 is 1.12 bits per heavy atom. The van der Waals surface area contributed by atoms with Crippen LogP contribution in [-0.4, -0.2) is 68.3 Å². The van der Waals surface area contributed by atoms with E-state index < -0.39 is 11.8 Å². The Kier molecular flexibility index (Phi) is 7.89. The molecule has 6 rings (SSSR count). The molecule has 10 nitrogen and oxygen atoms in total. The standard InChI is InChI=1S/C30H33FN6O4/c1-19(28-34-25-6-7-26(30(38)39-2)35-29(25)37(28)17-22-11-15-40-22)36-13-9-20(10-14-36)24-4-3-5-27(33-24)41-18-21-8-12-32-16-23(21)31/h3-8,12,16,19-20,22H,9-11,13-15,17-18H2,1-2H3/t19-,22-/m0/s1. The van der Waals surface area contributed by atoms with Crippen molar-refractivity contribution >= 4 is 17.1 Å². The van der Waals surface area contributed by atoms with Crippen LogP contribution in [-0.2, 0) is 22.6 Å². The summed E-state index contributed by atoms with van der Waals surface area (Å²) in [5.41, 5.74) is 3.12. The number of piperidine rings is 1. The lowest BCUT2D eigenvalue weighted by molar-refractivity contribution is -0.0595. The van der Waals surface area contributed by atoms with Gasteiger partial charge in [0.1, 0.15) is 23.8 Å². The molecule has 2 atom stereocenters. The zero-order valence-electron chi connectivity index (χ0n) is 23.2. The number of rotatable bonds is 9. The normalized spacial score (nSPS) is 18.7. The summed E-state index contributed by atoms with van der Waals surface area (Å²) in [6.45, 7) is 5.44. The Bertz CT molecular complexity index is 1530. The summed E-state index contributed by atoms with van der Waals surface area (Å²) in [5, 5.41) is 0. The second-order valence-corrected chi connectivity index (χ2v) is 10.5. The zero-order chi connectivity index (χ0) is 28.3. The van der Waals surface area contributed by atoms with E-state index in [9.17, 15) is 9.18 Å². The van der Waals surface area contributed by atoms with Crippen LogP contribution < -0.4 is 4.74 Å². The lowest BCUT2D eigenvalue weighted by Gasteiger charge is -2.36. The van der Waals surface area contributed by atoms with Crippen molar-refractivity contribution in [2.45, 2.75) is 57.4 Å². The van der Waals surface area contributed by atoms with Crippen molar-refractivity contribution in [3.8, 4) is 5.88 Å². The third kappa shape index (κ3) is 5.77. The molecule has 0 spiro atoms. The van der Waals surface area contributed by atoms with Gasteiger partial charge in [-0.1, -0.05) is 6.07 Å². The van der Waals surface area contributed by atoms with Crippen molar-refractivity contribution in [3.63, 3.8) is 0 Å². The Morgan fingerprint density at radius 2 is 1.95 bits per heavy atom. The quantitative estimate of drug-likeness (QED) is 0.275. The third-order valence-electron chi connectivity index (χ3n) is 8.04. The van der Waals surface area contributed by atoms with Gasteiger partial charge in [0, 0.05) is 36.0 Å². The highest BCUT2D eigenvalue weighted by atomic mass is 19.1. The lowest BCUT2D eigenvalue weighted by atomic mass is 9.92. The van der Waals surface area contributed by atoms with Gasteiger partial charge in [0.2, 0.25) is 5.88 Å². The van der Waals surface area contributed by atoms with E-state index in [4.69, 9.17) is 24.2 Å². The van der Waals surface area contributed by atoms with Gasteiger partial charge in [0.15, 0.2) is 11.3 Å². The molecule has 0 aromatic carbocycles. The molecule has 41 heavy (non-hydrogen) atoms. The summed E-state index contributed by atoms with van der Waals surface area (Å²) in [5.74, 6) is 0.842. The highest BCUT2D eigenvalue weighted by molar-refractivity contribution is 5.89. The van der Waals surface area contributed by atoms with E-state index in [1.807, 2.05) is 18.2 Å². The van der Waals surface area contributed by atoms with Crippen LogP contribution in [0.25, 0.3) is 11.2 Å². The number of carbonyl (C=O) groups excluding carboxylic acids is 1.